The summed E-state index contributed by atoms with van der Waals surface area (Å²) >= 11 is 0. The first-order chi connectivity index (χ1) is 10.6. The predicted octanol–water partition coefficient (Wildman–Crippen LogP) is 2.61. The Morgan fingerprint density at radius 1 is 1.27 bits per heavy atom. The van der Waals surface area contributed by atoms with E-state index in [2.05, 4.69) is 34.4 Å². The van der Waals surface area contributed by atoms with Crippen LogP contribution < -0.4 is 10.6 Å². The van der Waals surface area contributed by atoms with Crippen LogP contribution in [0.15, 0.2) is 36.7 Å². The van der Waals surface area contributed by atoms with Gasteiger partial charge in [-0.2, -0.15) is 0 Å². The number of rotatable bonds is 6. The zero-order valence-electron chi connectivity index (χ0n) is 12.6. The third-order valence-electron chi connectivity index (χ3n) is 2.99. The summed E-state index contributed by atoms with van der Waals surface area (Å²) in [7, 11) is 0. The molecule has 2 aromatic rings. The van der Waals surface area contributed by atoms with Gasteiger partial charge in [0.15, 0.2) is 0 Å². The van der Waals surface area contributed by atoms with Crippen LogP contribution in [0.4, 0.5) is 10.2 Å². The molecule has 0 saturated heterocycles. The first-order valence-corrected chi connectivity index (χ1v) is 7.14. The Morgan fingerprint density at radius 2 is 2.05 bits per heavy atom. The van der Waals surface area contributed by atoms with E-state index in [9.17, 15) is 9.18 Å². The molecule has 1 aromatic heterocycles. The highest BCUT2D eigenvalue weighted by atomic mass is 19.1. The van der Waals surface area contributed by atoms with Crippen LogP contribution in [-0.4, -0.2) is 22.4 Å². The van der Waals surface area contributed by atoms with Crippen molar-refractivity contribution in [2.45, 2.75) is 20.4 Å². The zero-order chi connectivity index (χ0) is 15.9. The summed E-state index contributed by atoms with van der Waals surface area (Å²) in [5, 5.41) is 5.78. The fraction of sp³-hybridized carbons (Fsp3) is 0.312. The molecule has 1 amide bonds. The van der Waals surface area contributed by atoms with Gasteiger partial charge in [0, 0.05) is 24.7 Å². The van der Waals surface area contributed by atoms with Crippen LogP contribution in [-0.2, 0) is 6.54 Å². The number of carbonyl (C=O) groups is 1. The number of anilines is 1. The van der Waals surface area contributed by atoms with E-state index in [0.29, 0.717) is 17.3 Å². The molecule has 0 spiro atoms. The molecule has 0 fully saturated rings. The fourth-order valence-electron chi connectivity index (χ4n) is 1.79. The number of benzene rings is 1. The van der Waals surface area contributed by atoms with Crippen LogP contribution in [0.5, 0.6) is 0 Å². The minimum Gasteiger partial charge on any atom is -0.370 e. The summed E-state index contributed by atoms with van der Waals surface area (Å²) in [6.07, 6.45) is 1.33. The van der Waals surface area contributed by atoms with E-state index >= 15 is 0 Å². The van der Waals surface area contributed by atoms with E-state index in [1.54, 1.807) is 24.3 Å². The Hall–Kier alpha value is -2.50. The van der Waals surface area contributed by atoms with Crippen LogP contribution >= 0.6 is 0 Å². The Labute approximate surface area is 129 Å². The molecule has 2 N–H and O–H groups in total. The summed E-state index contributed by atoms with van der Waals surface area (Å²) < 4.78 is 13.5. The summed E-state index contributed by atoms with van der Waals surface area (Å²) in [5.41, 5.74) is 0.681. The van der Waals surface area contributed by atoms with Gasteiger partial charge in [0.1, 0.15) is 23.7 Å². The van der Waals surface area contributed by atoms with Crippen molar-refractivity contribution in [1.29, 1.82) is 0 Å². The second-order valence-electron chi connectivity index (χ2n) is 5.34. The number of carbonyl (C=O) groups excluding carboxylic acids is 1. The molecule has 0 atom stereocenters. The van der Waals surface area contributed by atoms with Crippen LogP contribution in [0, 0.1) is 11.7 Å². The lowest BCUT2D eigenvalue weighted by atomic mass is 10.2. The van der Waals surface area contributed by atoms with E-state index in [0.717, 1.165) is 6.54 Å². The molecule has 0 aliphatic heterocycles. The fourth-order valence-corrected chi connectivity index (χ4v) is 1.79. The normalized spacial score (nSPS) is 10.5. The summed E-state index contributed by atoms with van der Waals surface area (Å²) in [5.74, 6) is 0.357. The lowest BCUT2D eigenvalue weighted by Gasteiger charge is -2.09. The Balaban J connectivity index is 1.97. The average Bonchev–Trinajstić information content (AvgIpc) is 2.52. The highest BCUT2D eigenvalue weighted by Gasteiger charge is 2.10. The monoisotopic (exact) mass is 302 g/mol. The molecule has 2 rings (SSSR count). The van der Waals surface area contributed by atoms with Gasteiger partial charge in [0.2, 0.25) is 0 Å². The van der Waals surface area contributed by atoms with Gasteiger partial charge in [-0.1, -0.05) is 32.0 Å². The second kappa shape index (κ2) is 7.49. The molecule has 0 aliphatic carbocycles. The average molecular weight is 302 g/mol. The topological polar surface area (TPSA) is 66.9 Å². The van der Waals surface area contributed by atoms with Crippen molar-refractivity contribution in [2.75, 3.05) is 11.9 Å². The van der Waals surface area contributed by atoms with Crippen LogP contribution in [0.2, 0.25) is 0 Å². The number of hydrogen-bond donors (Lipinski definition) is 2. The molecule has 22 heavy (non-hydrogen) atoms. The largest absolute Gasteiger partial charge is 0.370 e. The third kappa shape index (κ3) is 4.51. The lowest BCUT2D eigenvalue weighted by Crippen LogP contribution is -2.24. The number of halogens is 1. The van der Waals surface area contributed by atoms with Crippen molar-refractivity contribution >= 4 is 11.7 Å². The van der Waals surface area contributed by atoms with Gasteiger partial charge < -0.3 is 10.6 Å². The first-order valence-electron chi connectivity index (χ1n) is 7.14. The highest BCUT2D eigenvalue weighted by Crippen LogP contribution is 2.08. The van der Waals surface area contributed by atoms with Gasteiger partial charge in [-0.15, -0.1) is 0 Å². The maximum Gasteiger partial charge on any atom is 0.270 e. The first kappa shape index (κ1) is 15.9. The SMILES string of the molecule is CC(C)CNc1cc(C(=O)NCc2ccccc2F)ncn1. The van der Waals surface area contributed by atoms with Gasteiger partial charge in [0.25, 0.3) is 5.91 Å². The minimum atomic E-state index is -0.363. The molecule has 6 heteroatoms. The standard InChI is InChI=1S/C16H19FN4O/c1-11(2)8-18-15-7-14(20-10-21-15)16(22)19-9-12-5-3-4-6-13(12)17/h3-7,10-11H,8-9H2,1-2H3,(H,19,22)(H,18,20,21). The van der Waals surface area contributed by atoms with Crippen molar-refractivity contribution in [3.05, 3.63) is 53.7 Å². The Morgan fingerprint density at radius 3 is 2.77 bits per heavy atom. The van der Waals surface area contributed by atoms with Crippen molar-refractivity contribution in [3.8, 4) is 0 Å². The second-order valence-corrected chi connectivity index (χ2v) is 5.34. The van der Waals surface area contributed by atoms with Crippen molar-refractivity contribution in [2.24, 2.45) is 5.92 Å². The van der Waals surface area contributed by atoms with Crippen molar-refractivity contribution in [3.63, 3.8) is 0 Å². The molecule has 0 saturated carbocycles. The summed E-state index contributed by atoms with van der Waals surface area (Å²) in [6, 6.07) is 7.91. The molecule has 0 aliphatic rings. The molecule has 0 radical (unpaired) electrons. The lowest BCUT2D eigenvalue weighted by molar-refractivity contribution is 0.0945. The third-order valence-corrected chi connectivity index (χ3v) is 2.99. The van der Waals surface area contributed by atoms with E-state index in [4.69, 9.17) is 0 Å². The van der Waals surface area contributed by atoms with Gasteiger partial charge >= 0.3 is 0 Å². The maximum absolute atomic E-state index is 13.5. The van der Waals surface area contributed by atoms with E-state index in [1.165, 1.54) is 12.4 Å². The number of amides is 1. The molecular weight excluding hydrogens is 283 g/mol. The van der Waals surface area contributed by atoms with Gasteiger partial charge in [-0.3, -0.25) is 4.79 Å². The smallest absolute Gasteiger partial charge is 0.270 e. The van der Waals surface area contributed by atoms with E-state index < -0.39 is 0 Å². The minimum absolute atomic E-state index is 0.115. The van der Waals surface area contributed by atoms with Crippen LogP contribution in [0.3, 0.4) is 0 Å². The quantitative estimate of drug-likeness (QED) is 0.861. The Kier molecular flexibility index (Phi) is 5.41. The molecule has 1 aromatic carbocycles. The van der Waals surface area contributed by atoms with Gasteiger partial charge in [0.05, 0.1) is 0 Å². The zero-order valence-corrected chi connectivity index (χ0v) is 12.6. The van der Waals surface area contributed by atoms with Crippen molar-refractivity contribution < 1.29 is 9.18 Å². The maximum atomic E-state index is 13.5. The van der Waals surface area contributed by atoms with Gasteiger partial charge in [-0.05, 0) is 12.0 Å². The molecular formula is C16H19FN4O. The predicted molar refractivity (Wildman–Crippen MR) is 82.9 cm³/mol. The molecule has 116 valence electrons. The summed E-state index contributed by atoms with van der Waals surface area (Å²) in [4.78, 5) is 20.1. The van der Waals surface area contributed by atoms with Crippen LogP contribution in [0.1, 0.15) is 29.9 Å². The molecule has 5 nitrogen and oxygen atoms in total. The van der Waals surface area contributed by atoms with Gasteiger partial charge in [-0.25, -0.2) is 14.4 Å². The van der Waals surface area contributed by atoms with Crippen LogP contribution in [0.25, 0.3) is 0 Å². The molecule has 1 heterocycles. The molecule has 0 bridgehead atoms. The number of nitrogens with one attached hydrogen (secondary N) is 2. The number of aromatic nitrogens is 2. The van der Waals surface area contributed by atoms with E-state index in [1.807, 2.05) is 0 Å². The Bertz CT molecular complexity index is 646. The number of hydrogen-bond acceptors (Lipinski definition) is 4. The summed E-state index contributed by atoms with van der Waals surface area (Å²) in [6.45, 7) is 5.03. The van der Waals surface area contributed by atoms with E-state index in [-0.39, 0.29) is 24.0 Å². The number of nitrogens with zero attached hydrogens (tertiary/aromatic N) is 2. The highest BCUT2D eigenvalue weighted by molar-refractivity contribution is 5.92. The van der Waals surface area contributed by atoms with Crippen molar-refractivity contribution in [1.82, 2.24) is 15.3 Å². The molecule has 0 unspecified atom stereocenters.